The first-order chi connectivity index (χ1) is 9.42. The fraction of sp³-hybridized carbons (Fsp3) is 0.200. The number of hydrogen-bond donors (Lipinski definition) is 1. The maximum absolute atomic E-state index is 12.3. The average molecular weight is 291 g/mol. The lowest BCUT2D eigenvalue weighted by Crippen LogP contribution is -2.06. The second kappa shape index (κ2) is 5.54. The zero-order valence-corrected chi connectivity index (χ0v) is 12.3. The van der Waals surface area contributed by atoms with E-state index in [1.165, 1.54) is 0 Å². The first-order valence-electron chi connectivity index (χ1n) is 6.14. The van der Waals surface area contributed by atoms with Crippen LogP contribution in [0.5, 0.6) is 5.75 Å². The Kier molecular flexibility index (Phi) is 3.99. The van der Waals surface area contributed by atoms with Gasteiger partial charge >= 0.3 is 0 Å². The van der Waals surface area contributed by atoms with Crippen LogP contribution in [0.2, 0.25) is 0 Å². The molecule has 0 spiro atoms. The van der Waals surface area contributed by atoms with Crippen molar-refractivity contribution in [2.24, 2.45) is 0 Å². The topological polar surface area (TPSA) is 69.4 Å². The van der Waals surface area contributed by atoms with Gasteiger partial charge in [0.1, 0.15) is 5.75 Å². The van der Waals surface area contributed by atoms with E-state index in [4.69, 9.17) is 10.5 Å². The molecule has 2 aromatic carbocycles. The lowest BCUT2D eigenvalue weighted by Gasteiger charge is -2.08. The summed E-state index contributed by atoms with van der Waals surface area (Å²) in [5, 5.41) is 0. The summed E-state index contributed by atoms with van der Waals surface area (Å²) < 4.78 is 29.7. The summed E-state index contributed by atoms with van der Waals surface area (Å²) in [6, 6.07) is 11.8. The number of methoxy groups -OCH3 is 1. The van der Waals surface area contributed by atoms with Gasteiger partial charge < -0.3 is 10.5 Å². The number of nitrogens with two attached hydrogens (primary N) is 1. The fourth-order valence-electron chi connectivity index (χ4n) is 1.87. The molecule has 20 heavy (non-hydrogen) atoms. The predicted octanol–water partition coefficient (Wildman–Crippen LogP) is 2.56. The van der Waals surface area contributed by atoms with Crippen molar-refractivity contribution in [1.82, 2.24) is 0 Å². The molecule has 2 aromatic rings. The molecule has 0 radical (unpaired) electrons. The third-order valence-corrected chi connectivity index (χ3v) is 4.80. The molecule has 0 aliphatic carbocycles. The Hall–Kier alpha value is -2.01. The minimum absolute atomic E-state index is 0.0413. The largest absolute Gasteiger partial charge is 0.497 e. The van der Waals surface area contributed by atoms with E-state index in [-0.39, 0.29) is 5.75 Å². The molecule has 2 rings (SSSR count). The zero-order valence-electron chi connectivity index (χ0n) is 11.5. The van der Waals surface area contributed by atoms with Crippen molar-refractivity contribution in [3.8, 4) is 5.75 Å². The first-order valence-corrected chi connectivity index (χ1v) is 7.79. The molecule has 0 saturated carbocycles. The van der Waals surface area contributed by atoms with E-state index >= 15 is 0 Å². The standard InChI is InChI=1S/C15H17NO3S/c1-11-9-14(7-8-15(11)16)20(17,18)10-12-3-5-13(19-2)6-4-12/h3-9H,10,16H2,1-2H3. The van der Waals surface area contributed by atoms with Crippen LogP contribution in [0.15, 0.2) is 47.4 Å². The van der Waals surface area contributed by atoms with E-state index in [1.54, 1.807) is 56.5 Å². The molecule has 0 heterocycles. The molecule has 0 aromatic heterocycles. The molecule has 106 valence electrons. The van der Waals surface area contributed by atoms with Gasteiger partial charge in [0.25, 0.3) is 0 Å². The summed E-state index contributed by atoms with van der Waals surface area (Å²) >= 11 is 0. The van der Waals surface area contributed by atoms with Crippen molar-refractivity contribution in [1.29, 1.82) is 0 Å². The number of aryl methyl sites for hydroxylation is 1. The Balaban J connectivity index is 2.27. The Morgan fingerprint density at radius 3 is 2.30 bits per heavy atom. The molecule has 0 amide bonds. The number of sulfone groups is 1. The predicted molar refractivity (Wildman–Crippen MR) is 79.5 cm³/mol. The highest BCUT2D eigenvalue weighted by Gasteiger charge is 2.16. The fourth-order valence-corrected chi connectivity index (χ4v) is 3.30. The van der Waals surface area contributed by atoms with E-state index in [0.29, 0.717) is 16.3 Å². The average Bonchev–Trinajstić information content (AvgIpc) is 2.42. The van der Waals surface area contributed by atoms with Gasteiger partial charge in [-0.25, -0.2) is 8.42 Å². The van der Waals surface area contributed by atoms with Crippen LogP contribution in [-0.2, 0) is 15.6 Å². The van der Waals surface area contributed by atoms with Gasteiger partial charge in [-0.05, 0) is 48.4 Å². The maximum Gasteiger partial charge on any atom is 0.182 e. The smallest absolute Gasteiger partial charge is 0.182 e. The molecule has 2 N–H and O–H groups in total. The van der Waals surface area contributed by atoms with Crippen LogP contribution < -0.4 is 10.5 Å². The summed E-state index contributed by atoms with van der Waals surface area (Å²) in [6.07, 6.45) is 0. The summed E-state index contributed by atoms with van der Waals surface area (Å²) in [4.78, 5) is 0.292. The molecule has 0 aliphatic rings. The van der Waals surface area contributed by atoms with Crippen molar-refractivity contribution in [2.45, 2.75) is 17.6 Å². The Morgan fingerprint density at radius 1 is 1.10 bits per heavy atom. The lowest BCUT2D eigenvalue weighted by atomic mass is 10.2. The molecular formula is C15H17NO3S. The summed E-state index contributed by atoms with van der Waals surface area (Å²) in [5.74, 6) is 0.662. The van der Waals surface area contributed by atoms with Crippen molar-refractivity contribution in [3.63, 3.8) is 0 Å². The Morgan fingerprint density at radius 2 is 1.75 bits per heavy atom. The highest BCUT2D eigenvalue weighted by molar-refractivity contribution is 7.90. The minimum atomic E-state index is -3.37. The van der Waals surface area contributed by atoms with Crippen molar-refractivity contribution in [2.75, 3.05) is 12.8 Å². The van der Waals surface area contributed by atoms with E-state index in [1.807, 2.05) is 0 Å². The Labute approximate surface area is 119 Å². The van der Waals surface area contributed by atoms with Gasteiger partial charge in [-0.1, -0.05) is 12.1 Å². The number of rotatable bonds is 4. The summed E-state index contributed by atoms with van der Waals surface area (Å²) in [7, 11) is -1.80. The van der Waals surface area contributed by atoms with Crippen LogP contribution in [0.3, 0.4) is 0 Å². The van der Waals surface area contributed by atoms with Crippen LogP contribution in [0.1, 0.15) is 11.1 Å². The number of nitrogen functional groups attached to an aromatic ring is 1. The minimum Gasteiger partial charge on any atom is -0.497 e. The lowest BCUT2D eigenvalue weighted by molar-refractivity contribution is 0.414. The molecule has 0 unspecified atom stereocenters. The Bertz CT molecular complexity index is 706. The van der Waals surface area contributed by atoms with Gasteiger partial charge in [0.05, 0.1) is 17.8 Å². The highest BCUT2D eigenvalue weighted by atomic mass is 32.2. The molecule has 0 atom stereocenters. The van der Waals surface area contributed by atoms with E-state index < -0.39 is 9.84 Å². The maximum atomic E-state index is 12.3. The normalized spacial score (nSPS) is 11.3. The molecule has 5 heteroatoms. The summed E-state index contributed by atoms with van der Waals surface area (Å²) in [5.41, 5.74) is 7.79. The van der Waals surface area contributed by atoms with Gasteiger partial charge in [-0.2, -0.15) is 0 Å². The molecule has 0 aliphatic heterocycles. The van der Waals surface area contributed by atoms with Gasteiger partial charge in [-0.3, -0.25) is 0 Å². The van der Waals surface area contributed by atoms with E-state index in [2.05, 4.69) is 0 Å². The van der Waals surface area contributed by atoms with Crippen LogP contribution in [0.25, 0.3) is 0 Å². The first kappa shape index (κ1) is 14.4. The van der Waals surface area contributed by atoms with E-state index in [0.717, 1.165) is 11.1 Å². The van der Waals surface area contributed by atoms with Crippen molar-refractivity contribution >= 4 is 15.5 Å². The van der Waals surface area contributed by atoms with Gasteiger partial charge in [0.15, 0.2) is 9.84 Å². The van der Waals surface area contributed by atoms with Crippen molar-refractivity contribution < 1.29 is 13.2 Å². The zero-order chi connectivity index (χ0) is 14.8. The van der Waals surface area contributed by atoms with Crippen LogP contribution >= 0.6 is 0 Å². The highest BCUT2D eigenvalue weighted by Crippen LogP contribution is 2.21. The number of ether oxygens (including phenoxy) is 1. The molecule has 4 nitrogen and oxygen atoms in total. The monoisotopic (exact) mass is 291 g/mol. The number of hydrogen-bond acceptors (Lipinski definition) is 4. The SMILES string of the molecule is COc1ccc(CS(=O)(=O)c2ccc(N)c(C)c2)cc1. The van der Waals surface area contributed by atoms with Gasteiger partial charge in [0, 0.05) is 5.69 Å². The molecule has 0 bridgehead atoms. The third kappa shape index (κ3) is 3.11. The quantitative estimate of drug-likeness (QED) is 0.879. The second-order valence-electron chi connectivity index (χ2n) is 4.63. The van der Waals surface area contributed by atoms with Crippen LogP contribution in [-0.4, -0.2) is 15.5 Å². The van der Waals surface area contributed by atoms with Crippen LogP contribution in [0.4, 0.5) is 5.69 Å². The van der Waals surface area contributed by atoms with Crippen molar-refractivity contribution in [3.05, 3.63) is 53.6 Å². The third-order valence-electron chi connectivity index (χ3n) is 3.12. The second-order valence-corrected chi connectivity index (χ2v) is 6.62. The molecular weight excluding hydrogens is 274 g/mol. The molecule has 0 saturated heterocycles. The van der Waals surface area contributed by atoms with Gasteiger partial charge in [0.2, 0.25) is 0 Å². The van der Waals surface area contributed by atoms with Gasteiger partial charge in [-0.15, -0.1) is 0 Å². The number of benzene rings is 2. The molecule has 0 fully saturated rings. The number of anilines is 1. The van der Waals surface area contributed by atoms with Crippen LogP contribution in [0, 0.1) is 6.92 Å². The summed E-state index contributed by atoms with van der Waals surface area (Å²) in [6.45, 7) is 1.79. The van der Waals surface area contributed by atoms with E-state index in [9.17, 15) is 8.42 Å².